The quantitative estimate of drug-likeness (QED) is 0.148. The average molecular weight is 874 g/mol. The second-order valence-corrected chi connectivity index (χ2v) is 17.6. The van der Waals surface area contributed by atoms with Crippen molar-refractivity contribution >= 4 is 69.9 Å². The molecule has 0 radical (unpaired) electrons. The molecule has 4 saturated heterocycles. The number of likely N-dealkylation sites (tertiary alicyclic amines) is 1. The third-order valence-corrected chi connectivity index (χ3v) is 13.7. The number of aromatic nitrogens is 4. The topological polar surface area (TPSA) is 191 Å². The second kappa shape index (κ2) is 14.4. The Morgan fingerprint density at radius 3 is 2.43 bits per heavy atom. The molecule has 320 valence electrons. The Morgan fingerprint density at radius 2 is 1.71 bits per heavy atom. The fraction of sp³-hybridized carbons (Fsp3) is 0.318. The van der Waals surface area contributed by atoms with Crippen LogP contribution >= 0.6 is 11.6 Å². The number of imidazole rings is 1. The van der Waals surface area contributed by atoms with Crippen LogP contribution in [0, 0.1) is 23.0 Å². The number of carbonyl (C=O) groups excluding carboxylic acids is 5. The lowest BCUT2D eigenvalue weighted by Crippen LogP contribution is -2.60. The fourth-order valence-electron chi connectivity index (χ4n) is 10.1. The highest BCUT2D eigenvalue weighted by Gasteiger charge is 2.51. The van der Waals surface area contributed by atoms with Crippen molar-refractivity contribution in [1.82, 2.24) is 34.5 Å². The minimum Gasteiger partial charge on any atom is -0.382 e. The number of nitrogen functional groups attached to an aromatic ring is 1. The van der Waals surface area contributed by atoms with E-state index in [1.807, 2.05) is 9.30 Å². The van der Waals surface area contributed by atoms with Gasteiger partial charge >= 0.3 is 0 Å². The van der Waals surface area contributed by atoms with E-state index in [4.69, 9.17) is 22.3 Å². The first-order valence-corrected chi connectivity index (χ1v) is 21.1. The van der Waals surface area contributed by atoms with Gasteiger partial charge in [0, 0.05) is 92.9 Å². The van der Waals surface area contributed by atoms with E-state index in [1.165, 1.54) is 41.6 Å². The lowest BCUT2D eigenvalue weighted by molar-refractivity contribution is -0.136. The minimum atomic E-state index is -1.11. The van der Waals surface area contributed by atoms with E-state index in [9.17, 15) is 24.0 Å². The summed E-state index contributed by atoms with van der Waals surface area (Å²) < 4.78 is 33.2. The van der Waals surface area contributed by atoms with Gasteiger partial charge in [-0.15, -0.1) is 0 Å². The first kappa shape index (κ1) is 39.1. The maximum atomic E-state index is 15.8. The number of nitrogens with two attached hydrogens (primary N) is 1. The van der Waals surface area contributed by atoms with E-state index < -0.39 is 47.2 Å². The van der Waals surface area contributed by atoms with Crippen LogP contribution in [0.15, 0.2) is 72.2 Å². The van der Waals surface area contributed by atoms with Gasteiger partial charge in [0.25, 0.3) is 17.7 Å². The summed E-state index contributed by atoms with van der Waals surface area (Å²) in [6, 6.07) is 8.67. The normalized spacial score (nSPS) is 21.6. The molecule has 1 aliphatic carbocycles. The van der Waals surface area contributed by atoms with Gasteiger partial charge in [-0.1, -0.05) is 11.6 Å². The van der Waals surface area contributed by atoms with Crippen LogP contribution in [0.3, 0.4) is 0 Å². The molecule has 16 nitrogen and oxygen atoms in total. The van der Waals surface area contributed by atoms with Crippen molar-refractivity contribution in [3.63, 3.8) is 0 Å². The largest absolute Gasteiger partial charge is 0.382 e. The smallest absolute Gasteiger partial charge is 0.262 e. The Labute approximate surface area is 362 Å². The van der Waals surface area contributed by atoms with E-state index in [-0.39, 0.29) is 63.8 Å². The van der Waals surface area contributed by atoms with E-state index in [1.54, 1.807) is 18.5 Å². The van der Waals surface area contributed by atoms with Crippen molar-refractivity contribution in [2.24, 2.45) is 11.3 Å². The van der Waals surface area contributed by atoms with Crippen LogP contribution in [0.1, 0.15) is 56.8 Å². The SMILES string of the molecule is Nc1nccn2c(N3CCC4(CC3)CN(CC3=C5CN(c6cc7c(cc6F)C(=O)N(C6CCC(=O)NC6=O)C7=O)CC35)C4)nc(-c3ccc(C(=O)Nc4cc(Cl)ccn4)cc3F)c12. The van der Waals surface area contributed by atoms with Crippen LogP contribution in [-0.2, 0) is 9.59 Å². The van der Waals surface area contributed by atoms with Gasteiger partial charge in [-0.05, 0) is 78.3 Å². The summed E-state index contributed by atoms with van der Waals surface area (Å²) in [4.78, 5) is 84.2. The zero-order valence-electron chi connectivity index (χ0n) is 33.5. The van der Waals surface area contributed by atoms with Gasteiger partial charge in [0.2, 0.25) is 17.8 Å². The number of nitrogens with one attached hydrogen (secondary N) is 2. The number of benzene rings is 2. The molecule has 4 N–H and O–H groups in total. The number of halogens is 3. The number of amides is 5. The van der Waals surface area contributed by atoms with Gasteiger partial charge in [-0.25, -0.2) is 23.7 Å². The lowest BCUT2D eigenvalue weighted by atomic mass is 9.72. The van der Waals surface area contributed by atoms with E-state index in [2.05, 4.69) is 30.4 Å². The molecule has 0 bridgehead atoms. The molecule has 1 spiro atoms. The van der Waals surface area contributed by atoms with Crippen molar-refractivity contribution in [2.75, 3.05) is 66.7 Å². The van der Waals surface area contributed by atoms with E-state index >= 15 is 8.78 Å². The predicted molar refractivity (Wildman–Crippen MR) is 226 cm³/mol. The van der Waals surface area contributed by atoms with Crippen molar-refractivity contribution in [2.45, 2.75) is 31.7 Å². The first-order chi connectivity index (χ1) is 30.3. The molecule has 5 aliphatic heterocycles. The molecule has 11 rings (SSSR count). The Balaban J connectivity index is 0.721. The van der Waals surface area contributed by atoms with Crippen LogP contribution in [0.5, 0.6) is 0 Å². The van der Waals surface area contributed by atoms with Crippen LogP contribution < -0.4 is 26.2 Å². The molecule has 4 fully saturated rings. The molecule has 0 saturated carbocycles. The Hall–Kier alpha value is -6.79. The summed E-state index contributed by atoms with van der Waals surface area (Å²) in [5.41, 5.74) is 10.5. The van der Waals surface area contributed by atoms with Crippen molar-refractivity contribution in [1.29, 1.82) is 0 Å². The number of hydrogen-bond acceptors (Lipinski definition) is 12. The number of hydrogen-bond donors (Lipinski definition) is 3. The molecule has 2 atom stereocenters. The molecule has 6 aliphatic rings. The Kier molecular flexibility index (Phi) is 8.92. The number of imide groups is 2. The van der Waals surface area contributed by atoms with Crippen LogP contribution in [0.25, 0.3) is 16.8 Å². The molecule has 2 unspecified atom stereocenters. The molecule has 5 aromatic rings. The van der Waals surface area contributed by atoms with E-state index in [0.29, 0.717) is 35.3 Å². The monoisotopic (exact) mass is 873 g/mol. The number of pyridine rings is 1. The number of nitrogens with zero attached hydrogens (tertiary/aromatic N) is 8. The number of piperidine rings is 2. The molecule has 5 amide bonds. The van der Waals surface area contributed by atoms with Gasteiger partial charge in [0.15, 0.2) is 0 Å². The fourth-order valence-corrected chi connectivity index (χ4v) is 10.3. The summed E-state index contributed by atoms with van der Waals surface area (Å²) in [5.74, 6) is -3.03. The van der Waals surface area contributed by atoms with Crippen molar-refractivity contribution in [3.8, 4) is 11.3 Å². The molecule has 2 aromatic carbocycles. The summed E-state index contributed by atoms with van der Waals surface area (Å²) in [7, 11) is 0. The zero-order valence-corrected chi connectivity index (χ0v) is 34.3. The molecule has 19 heteroatoms. The summed E-state index contributed by atoms with van der Waals surface area (Å²) >= 11 is 6.01. The summed E-state index contributed by atoms with van der Waals surface area (Å²) in [5, 5.41) is 5.21. The lowest BCUT2D eigenvalue weighted by Gasteiger charge is -2.54. The third-order valence-electron chi connectivity index (χ3n) is 13.4. The Morgan fingerprint density at radius 1 is 0.937 bits per heavy atom. The third kappa shape index (κ3) is 6.49. The minimum absolute atomic E-state index is 0.00539. The second-order valence-electron chi connectivity index (χ2n) is 17.2. The molecule has 63 heavy (non-hydrogen) atoms. The summed E-state index contributed by atoms with van der Waals surface area (Å²) in [6.45, 7) is 5.36. The van der Waals surface area contributed by atoms with Gasteiger partial charge in [0.05, 0.1) is 16.8 Å². The maximum Gasteiger partial charge on any atom is 0.262 e. The van der Waals surface area contributed by atoms with Gasteiger partial charge < -0.3 is 20.9 Å². The van der Waals surface area contributed by atoms with Crippen LogP contribution in [-0.4, -0.2) is 111 Å². The number of anilines is 4. The number of rotatable bonds is 8. The zero-order chi connectivity index (χ0) is 43.5. The number of carbonyl (C=O) groups is 5. The van der Waals surface area contributed by atoms with Crippen molar-refractivity contribution in [3.05, 3.63) is 106 Å². The standard InChI is InChI=1S/C44H38ClF2N11O5/c45-23-5-8-49-34(14-23)51-39(60)22-1-2-24(30(46)13-22)36-37-38(48)50-9-12-57(37)43(53-36)55-10-6-44(7-11-55)20-54(21-44)17-27-28-18-56(19-29(27)28)33-16-26-25(15-31(33)47)41(62)58(42(26)63)32-3-4-35(59)52-40(32)61/h1-2,5,8-9,12-16,28,32H,3-4,6-7,10-11,17-21H2,(H2,48,50)(H,49,51,60)(H,52,59,61). The van der Waals surface area contributed by atoms with Gasteiger partial charge in [0.1, 0.15) is 40.5 Å². The highest BCUT2D eigenvalue weighted by molar-refractivity contribution is 6.30. The highest BCUT2D eigenvalue weighted by atomic mass is 35.5. The Bertz CT molecular complexity index is 2900. The molecule has 3 aromatic heterocycles. The molecular weight excluding hydrogens is 836 g/mol. The van der Waals surface area contributed by atoms with Gasteiger partial charge in [-0.2, -0.15) is 0 Å². The van der Waals surface area contributed by atoms with Gasteiger partial charge in [-0.3, -0.25) is 43.5 Å². The van der Waals surface area contributed by atoms with E-state index in [0.717, 1.165) is 62.6 Å². The van der Waals surface area contributed by atoms with Crippen LogP contribution in [0.2, 0.25) is 5.02 Å². The highest BCUT2D eigenvalue weighted by Crippen LogP contribution is 2.50. The summed E-state index contributed by atoms with van der Waals surface area (Å²) in [6.07, 6.45) is 6.74. The average Bonchev–Trinajstić information content (AvgIpc) is 3.51. The number of fused-ring (bicyclic) bond motifs is 3. The predicted octanol–water partition coefficient (Wildman–Crippen LogP) is 4.31. The first-order valence-electron chi connectivity index (χ1n) is 20.7. The molecular formula is C44H38ClF2N11O5. The van der Waals surface area contributed by atoms with Crippen molar-refractivity contribution < 1.29 is 32.8 Å². The molecule has 8 heterocycles. The maximum absolute atomic E-state index is 15.8. The van der Waals surface area contributed by atoms with Crippen LogP contribution in [0.4, 0.5) is 32.1 Å².